The molecule has 7 heteroatoms. The van der Waals surface area contributed by atoms with Gasteiger partial charge in [0.05, 0.1) is 6.20 Å². The van der Waals surface area contributed by atoms with E-state index in [0.717, 1.165) is 0 Å². The molecule has 0 aliphatic rings. The van der Waals surface area contributed by atoms with Crippen LogP contribution in [-0.2, 0) is 6.44 Å². The topological polar surface area (TPSA) is 88.2 Å². The Bertz CT molecular complexity index is 285. The summed E-state index contributed by atoms with van der Waals surface area (Å²) < 4.78 is 1.29. The molecule has 0 unspecified atom stereocenters. The molecule has 0 spiro atoms. The summed E-state index contributed by atoms with van der Waals surface area (Å²) >= 11 is 0. The van der Waals surface area contributed by atoms with Crippen LogP contribution in [0.4, 0.5) is 0 Å². The first-order chi connectivity index (χ1) is 5.59. The summed E-state index contributed by atoms with van der Waals surface area (Å²) in [6.45, 7) is 1.02. The van der Waals surface area contributed by atoms with Crippen molar-refractivity contribution in [2.24, 2.45) is 0 Å². The second-order valence-electron chi connectivity index (χ2n) is 2.48. The first-order valence-corrected chi connectivity index (χ1v) is 3.41. The molecule has 64 valence electrons. The molecule has 0 bridgehead atoms. The maximum absolute atomic E-state index is 10.3. The first kappa shape index (κ1) is 8.73. The predicted octanol–water partition coefficient (Wildman–Crippen LogP) is -0.871. The maximum Gasteiger partial charge on any atom is 0.358 e. The van der Waals surface area contributed by atoms with Crippen LogP contribution in [0.25, 0.3) is 0 Å². The van der Waals surface area contributed by atoms with Gasteiger partial charge in [-0.15, -0.1) is 5.10 Å². The van der Waals surface area contributed by atoms with Crippen molar-refractivity contribution >= 4 is 12.9 Å². The fourth-order valence-electron chi connectivity index (χ4n) is 0.756. The van der Waals surface area contributed by atoms with Gasteiger partial charge in [-0.05, 0) is 0 Å². The summed E-state index contributed by atoms with van der Waals surface area (Å²) in [5.41, 5.74) is -0.115. The second-order valence-corrected chi connectivity index (χ2v) is 2.48. The smallest absolute Gasteiger partial charge is 0.358 e. The second kappa shape index (κ2) is 3.35. The third kappa shape index (κ3) is 2.06. The van der Waals surface area contributed by atoms with Gasteiger partial charge in [-0.2, -0.15) is 0 Å². The van der Waals surface area contributed by atoms with E-state index in [-0.39, 0.29) is 12.1 Å². The molecule has 1 rings (SSSR count). The van der Waals surface area contributed by atoms with Gasteiger partial charge in [0, 0.05) is 6.44 Å². The Balaban J connectivity index is 2.71. The van der Waals surface area contributed by atoms with Gasteiger partial charge >= 0.3 is 12.9 Å². The van der Waals surface area contributed by atoms with Gasteiger partial charge in [-0.3, -0.25) is 4.68 Å². The largest absolute Gasteiger partial charge is 0.476 e. The molecule has 0 saturated carbocycles. The first-order valence-electron chi connectivity index (χ1n) is 3.41. The number of aromatic carboxylic acids is 1. The molecule has 0 fully saturated rings. The van der Waals surface area contributed by atoms with Gasteiger partial charge in [-0.25, -0.2) is 4.79 Å². The minimum absolute atomic E-state index is 0.115. The Labute approximate surface area is 68.9 Å². The van der Waals surface area contributed by atoms with Crippen molar-refractivity contribution in [3.8, 4) is 0 Å². The highest BCUT2D eigenvalue weighted by molar-refractivity contribution is 6.47. The number of rotatable bonds is 3. The van der Waals surface area contributed by atoms with Gasteiger partial charge in [0.15, 0.2) is 5.69 Å². The quantitative estimate of drug-likeness (QED) is 0.574. The highest BCUT2D eigenvalue weighted by Crippen LogP contribution is 1.93. The molecule has 2 N–H and O–H groups in total. The maximum atomic E-state index is 10.3. The van der Waals surface area contributed by atoms with Crippen molar-refractivity contribution in [1.82, 2.24) is 15.0 Å². The molecule has 0 aliphatic heterocycles. The predicted molar refractivity (Wildman–Crippen MR) is 40.8 cm³/mol. The van der Waals surface area contributed by atoms with E-state index in [1.165, 1.54) is 10.9 Å². The number of nitrogens with zero attached hydrogens (tertiary/aromatic N) is 3. The van der Waals surface area contributed by atoms with E-state index in [0.29, 0.717) is 0 Å². The molecule has 1 heterocycles. The lowest BCUT2D eigenvalue weighted by atomic mass is 9.72. The molecule has 0 atom stereocenters. The fraction of sp³-hybridized carbons (Fsp3) is 0.400. The van der Waals surface area contributed by atoms with E-state index in [9.17, 15) is 4.79 Å². The standard InChI is InChI=1S/C5H8BN3O3/c1-6(12)3-9-2-4(5(10)11)7-8-9/h2,12H,3H2,1H3,(H,10,11). The van der Waals surface area contributed by atoms with Gasteiger partial charge in [0.25, 0.3) is 0 Å². The van der Waals surface area contributed by atoms with Crippen LogP contribution in [0.1, 0.15) is 10.5 Å². The minimum Gasteiger partial charge on any atom is -0.476 e. The van der Waals surface area contributed by atoms with E-state index in [1.807, 2.05) is 0 Å². The Kier molecular flexibility index (Phi) is 2.44. The summed E-state index contributed by atoms with van der Waals surface area (Å²) in [5, 5.41) is 24.2. The van der Waals surface area contributed by atoms with E-state index in [4.69, 9.17) is 10.1 Å². The summed E-state index contributed by atoms with van der Waals surface area (Å²) in [7, 11) is 0. The summed E-state index contributed by atoms with van der Waals surface area (Å²) in [4.78, 5) is 10.3. The SMILES string of the molecule is CB(O)Cn1cc(C(=O)O)nn1. The number of aromatic nitrogens is 3. The van der Waals surface area contributed by atoms with Crippen LogP contribution in [0.15, 0.2) is 6.20 Å². The van der Waals surface area contributed by atoms with Crippen LogP contribution in [0, 0.1) is 0 Å². The van der Waals surface area contributed by atoms with Crippen LogP contribution in [0.5, 0.6) is 0 Å². The molecule has 6 nitrogen and oxygen atoms in total. The number of hydrogen-bond acceptors (Lipinski definition) is 4. The van der Waals surface area contributed by atoms with Crippen molar-refractivity contribution in [3.05, 3.63) is 11.9 Å². The van der Waals surface area contributed by atoms with Crippen LogP contribution in [0.3, 0.4) is 0 Å². The highest BCUT2D eigenvalue weighted by atomic mass is 16.4. The van der Waals surface area contributed by atoms with Crippen LogP contribution < -0.4 is 0 Å². The third-order valence-corrected chi connectivity index (χ3v) is 1.21. The number of carboxylic acids is 1. The van der Waals surface area contributed by atoms with Crippen molar-refractivity contribution in [3.63, 3.8) is 0 Å². The number of hydrogen-bond donors (Lipinski definition) is 2. The summed E-state index contributed by atoms with van der Waals surface area (Å²) in [6.07, 6.45) is 1.52. The lowest BCUT2D eigenvalue weighted by molar-refractivity contribution is 0.0690. The molecule has 0 amide bonds. The van der Waals surface area contributed by atoms with Gasteiger partial charge < -0.3 is 10.1 Å². The summed E-state index contributed by atoms with van der Waals surface area (Å²) in [5.74, 6) is -1.12. The molecule has 0 saturated heterocycles. The highest BCUT2D eigenvalue weighted by Gasteiger charge is 2.10. The molecular formula is C5H8BN3O3. The van der Waals surface area contributed by atoms with Gasteiger partial charge in [0.2, 0.25) is 0 Å². The molecule has 12 heavy (non-hydrogen) atoms. The zero-order valence-corrected chi connectivity index (χ0v) is 6.51. The van der Waals surface area contributed by atoms with Gasteiger partial charge in [0.1, 0.15) is 0 Å². The van der Waals surface area contributed by atoms with Gasteiger partial charge in [-0.1, -0.05) is 12.0 Å². The molecule has 1 aromatic heterocycles. The Morgan fingerprint density at radius 3 is 2.92 bits per heavy atom. The van der Waals surface area contributed by atoms with Crippen LogP contribution in [-0.4, -0.2) is 38.0 Å². The van der Waals surface area contributed by atoms with Crippen molar-refractivity contribution in [1.29, 1.82) is 0 Å². The zero-order chi connectivity index (χ0) is 9.14. The van der Waals surface area contributed by atoms with E-state index >= 15 is 0 Å². The van der Waals surface area contributed by atoms with E-state index < -0.39 is 12.9 Å². The number of carboxylic acid groups (broad SMARTS) is 1. The number of carbonyl (C=O) groups is 1. The Morgan fingerprint density at radius 2 is 2.50 bits per heavy atom. The van der Waals surface area contributed by atoms with E-state index in [1.54, 1.807) is 6.82 Å². The fourth-order valence-corrected chi connectivity index (χ4v) is 0.756. The lowest BCUT2D eigenvalue weighted by Crippen LogP contribution is -2.17. The Morgan fingerprint density at radius 1 is 1.83 bits per heavy atom. The zero-order valence-electron chi connectivity index (χ0n) is 6.51. The van der Waals surface area contributed by atoms with Crippen molar-refractivity contribution in [2.75, 3.05) is 0 Å². The molecular weight excluding hydrogens is 161 g/mol. The molecule has 0 aromatic carbocycles. The minimum atomic E-state index is -1.12. The third-order valence-electron chi connectivity index (χ3n) is 1.21. The summed E-state index contributed by atoms with van der Waals surface area (Å²) in [6, 6.07) is 0. The molecule has 0 radical (unpaired) electrons. The molecule has 1 aromatic rings. The van der Waals surface area contributed by atoms with Crippen molar-refractivity contribution < 1.29 is 14.9 Å². The van der Waals surface area contributed by atoms with Crippen molar-refractivity contribution in [2.45, 2.75) is 13.3 Å². The monoisotopic (exact) mass is 169 g/mol. The van der Waals surface area contributed by atoms with Crippen LogP contribution in [0.2, 0.25) is 6.82 Å². The molecule has 0 aliphatic carbocycles. The Hall–Kier alpha value is -1.37. The average molecular weight is 169 g/mol. The average Bonchev–Trinajstić information content (AvgIpc) is 2.34. The van der Waals surface area contributed by atoms with E-state index in [2.05, 4.69) is 10.3 Å². The lowest BCUT2D eigenvalue weighted by Gasteiger charge is -1.96. The normalized spacial score (nSPS) is 9.83. The van der Waals surface area contributed by atoms with Crippen LogP contribution >= 0.6 is 0 Å².